The van der Waals surface area contributed by atoms with Gasteiger partial charge in [0, 0.05) is 18.0 Å². The summed E-state index contributed by atoms with van der Waals surface area (Å²) in [5, 5.41) is 0. The lowest BCUT2D eigenvalue weighted by Crippen LogP contribution is -2.34. The summed E-state index contributed by atoms with van der Waals surface area (Å²) in [4.78, 5) is 24.7. The van der Waals surface area contributed by atoms with Crippen molar-refractivity contribution in [2.45, 2.75) is 139 Å². The van der Waals surface area contributed by atoms with Crippen LogP contribution in [0.2, 0.25) is 0 Å². The Kier molecular flexibility index (Phi) is 21.1. The quantitative estimate of drug-likeness (QED) is 0.202. The summed E-state index contributed by atoms with van der Waals surface area (Å²) in [6, 6.07) is 15.1. The van der Waals surface area contributed by atoms with Crippen molar-refractivity contribution >= 4 is 11.6 Å². The maximum atomic E-state index is 11.1. The fraction of sp³-hybridized carbons (Fsp3) is 0.632. The van der Waals surface area contributed by atoms with Crippen LogP contribution in [0.15, 0.2) is 42.5 Å². The van der Waals surface area contributed by atoms with Crippen molar-refractivity contribution in [3.05, 3.63) is 70.3 Å². The summed E-state index contributed by atoms with van der Waals surface area (Å²) < 4.78 is 0. The van der Waals surface area contributed by atoms with E-state index in [9.17, 15) is 9.59 Å². The Morgan fingerprint density at radius 2 is 1.37 bits per heavy atom. The van der Waals surface area contributed by atoms with Gasteiger partial charge in [-0.15, -0.1) is 0 Å². The summed E-state index contributed by atoms with van der Waals surface area (Å²) in [6.07, 6.45) is 9.74. The van der Waals surface area contributed by atoms with Crippen molar-refractivity contribution in [1.82, 2.24) is 4.90 Å². The van der Waals surface area contributed by atoms with Gasteiger partial charge in [-0.2, -0.15) is 0 Å². The van der Waals surface area contributed by atoms with E-state index < -0.39 is 0 Å². The molecule has 232 valence electrons. The molecule has 2 aromatic rings. The van der Waals surface area contributed by atoms with Crippen molar-refractivity contribution in [2.24, 2.45) is 5.92 Å². The van der Waals surface area contributed by atoms with E-state index in [1.807, 2.05) is 13.0 Å². The molecular weight excluding hydrogens is 502 g/mol. The van der Waals surface area contributed by atoms with Crippen molar-refractivity contribution < 1.29 is 9.59 Å². The molecule has 0 aromatic heterocycles. The van der Waals surface area contributed by atoms with E-state index in [0.29, 0.717) is 17.9 Å². The maximum Gasteiger partial charge on any atom is 0.159 e. The molecular formula is C38H63NO2. The number of rotatable bonds is 15. The van der Waals surface area contributed by atoms with E-state index in [2.05, 4.69) is 84.6 Å². The van der Waals surface area contributed by atoms with E-state index in [4.69, 9.17) is 0 Å². The third kappa shape index (κ3) is 17.3. The van der Waals surface area contributed by atoms with E-state index in [0.717, 1.165) is 23.1 Å². The molecule has 0 aliphatic heterocycles. The van der Waals surface area contributed by atoms with Crippen LogP contribution in [0.4, 0.5) is 0 Å². The highest BCUT2D eigenvalue weighted by atomic mass is 16.1. The lowest BCUT2D eigenvalue weighted by molar-refractivity contribution is -0.116. The summed E-state index contributed by atoms with van der Waals surface area (Å²) in [6.45, 7) is 25.9. The third-order valence-electron chi connectivity index (χ3n) is 8.11. The van der Waals surface area contributed by atoms with Gasteiger partial charge in [0.1, 0.15) is 5.78 Å². The number of nitrogens with zero attached hydrogens (tertiary/aromatic N) is 1. The number of hydrogen-bond donors (Lipinski definition) is 0. The number of carbonyl (C=O) groups excluding carboxylic acids is 2. The molecule has 0 amide bonds. The molecule has 3 nitrogen and oxygen atoms in total. The molecule has 3 atom stereocenters. The standard InChI is InChI=1S/C15H33N.C12H14O2.C11H16/c1-6-12-16(13-7-2)15(5)11-9-10-14(4)8-3;1-8-4-5-11(10(3)14)7-12(8)6-9(2)13;1-4-10(3)11-7-5-9(2)6-8-11/h14-15H,6-13H2,1-5H3;4-5,7H,6H2,1-3H3;5-8,10H,4H2,1-3H3. The van der Waals surface area contributed by atoms with Gasteiger partial charge in [0.05, 0.1) is 0 Å². The highest BCUT2D eigenvalue weighted by Crippen LogP contribution is 2.18. The van der Waals surface area contributed by atoms with Gasteiger partial charge in [0.15, 0.2) is 5.78 Å². The Bertz CT molecular complexity index is 972. The summed E-state index contributed by atoms with van der Waals surface area (Å²) in [5.74, 6) is 1.78. The van der Waals surface area contributed by atoms with Gasteiger partial charge in [-0.25, -0.2) is 0 Å². The fourth-order valence-corrected chi connectivity index (χ4v) is 4.76. The number of aryl methyl sites for hydroxylation is 2. The minimum Gasteiger partial charge on any atom is -0.301 e. The van der Waals surface area contributed by atoms with Gasteiger partial charge in [-0.3, -0.25) is 9.59 Å². The Labute approximate surface area is 254 Å². The van der Waals surface area contributed by atoms with E-state index >= 15 is 0 Å². The molecule has 0 heterocycles. The van der Waals surface area contributed by atoms with Crippen LogP contribution in [0, 0.1) is 19.8 Å². The van der Waals surface area contributed by atoms with Gasteiger partial charge in [-0.05, 0) is 108 Å². The number of carbonyl (C=O) groups is 2. The normalized spacial score (nSPS) is 12.9. The van der Waals surface area contributed by atoms with Crippen LogP contribution in [0.25, 0.3) is 0 Å². The van der Waals surface area contributed by atoms with Crippen molar-refractivity contribution in [1.29, 1.82) is 0 Å². The molecule has 0 N–H and O–H groups in total. The van der Waals surface area contributed by atoms with E-state index in [-0.39, 0.29) is 11.6 Å². The predicted molar refractivity (Wildman–Crippen MR) is 180 cm³/mol. The fourth-order valence-electron chi connectivity index (χ4n) is 4.76. The van der Waals surface area contributed by atoms with Crippen LogP contribution in [-0.2, 0) is 11.2 Å². The topological polar surface area (TPSA) is 37.4 Å². The molecule has 3 unspecified atom stereocenters. The van der Waals surface area contributed by atoms with Crippen molar-refractivity contribution in [3.63, 3.8) is 0 Å². The van der Waals surface area contributed by atoms with Crippen LogP contribution < -0.4 is 0 Å². The number of ketones is 2. The number of Topliss-reactive ketones (excluding diaryl/α,β-unsaturated/α-hetero) is 2. The first kappa shape index (κ1) is 38.7. The van der Waals surface area contributed by atoms with Gasteiger partial charge in [0.25, 0.3) is 0 Å². The SMILES string of the molecule is CC(=O)Cc1cc(C(C)=O)ccc1C.CCC(C)c1ccc(C)cc1.CCCN(CCC)C(C)CCCC(C)CC. The lowest BCUT2D eigenvalue weighted by atomic mass is 9.98. The second-order valence-corrected chi connectivity index (χ2v) is 12.1. The molecule has 2 rings (SSSR count). The van der Waals surface area contributed by atoms with Crippen molar-refractivity contribution in [3.8, 4) is 0 Å². The van der Waals surface area contributed by atoms with Crippen LogP contribution >= 0.6 is 0 Å². The minimum atomic E-state index is 0.0369. The molecule has 0 saturated heterocycles. The molecule has 0 spiro atoms. The first-order valence-electron chi connectivity index (χ1n) is 16.3. The Morgan fingerprint density at radius 1 is 0.780 bits per heavy atom. The van der Waals surface area contributed by atoms with Crippen LogP contribution in [0.5, 0.6) is 0 Å². The molecule has 41 heavy (non-hydrogen) atoms. The van der Waals surface area contributed by atoms with Gasteiger partial charge in [-0.1, -0.05) is 103 Å². The van der Waals surface area contributed by atoms with Gasteiger partial charge < -0.3 is 4.90 Å². The number of benzene rings is 2. The largest absolute Gasteiger partial charge is 0.301 e. The van der Waals surface area contributed by atoms with Gasteiger partial charge in [0.2, 0.25) is 0 Å². The summed E-state index contributed by atoms with van der Waals surface area (Å²) in [5.41, 5.74) is 5.48. The average Bonchev–Trinajstić information content (AvgIpc) is 2.94. The summed E-state index contributed by atoms with van der Waals surface area (Å²) >= 11 is 0. The monoisotopic (exact) mass is 565 g/mol. The van der Waals surface area contributed by atoms with Crippen LogP contribution in [-0.4, -0.2) is 35.6 Å². The van der Waals surface area contributed by atoms with Crippen molar-refractivity contribution in [2.75, 3.05) is 13.1 Å². The molecule has 0 aliphatic rings. The Hall–Kier alpha value is -2.26. The average molecular weight is 566 g/mol. The zero-order chi connectivity index (χ0) is 31.4. The molecule has 2 aromatic carbocycles. The Morgan fingerprint density at radius 3 is 1.83 bits per heavy atom. The van der Waals surface area contributed by atoms with E-state index in [1.165, 1.54) is 76.1 Å². The predicted octanol–water partition coefficient (Wildman–Crippen LogP) is 10.6. The van der Waals surface area contributed by atoms with Crippen LogP contribution in [0.3, 0.4) is 0 Å². The second-order valence-electron chi connectivity index (χ2n) is 12.1. The Balaban J connectivity index is 0.000000594. The first-order valence-corrected chi connectivity index (χ1v) is 16.3. The molecule has 0 fully saturated rings. The highest BCUT2D eigenvalue weighted by Gasteiger charge is 2.12. The van der Waals surface area contributed by atoms with Crippen LogP contribution in [0.1, 0.15) is 146 Å². The molecule has 0 bridgehead atoms. The molecule has 0 saturated carbocycles. The smallest absolute Gasteiger partial charge is 0.159 e. The lowest BCUT2D eigenvalue weighted by Gasteiger charge is -2.28. The highest BCUT2D eigenvalue weighted by molar-refractivity contribution is 5.94. The minimum absolute atomic E-state index is 0.0369. The molecule has 0 aliphatic carbocycles. The van der Waals surface area contributed by atoms with Gasteiger partial charge >= 0.3 is 0 Å². The molecule has 3 heteroatoms. The summed E-state index contributed by atoms with van der Waals surface area (Å²) in [7, 11) is 0. The number of hydrogen-bond acceptors (Lipinski definition) is 3. The molecule has 0 radical (unpaired) electrons. The first-order chi connectivity index (χ1) is 19.4. The maximum absolute atomic E-state index is 11.1. The zero-order valence-electron chi connectivity index (χ0n) is 28.6. The third-order valence-corrected chi connectivity index (χ3v) is 8.11. The second kappa shape index (κ2) is 22.4. The van der Waals surface area contributed by atoms with E-state index in [1.54, 1.807) is 19.1 Å². The zero-order valence-corrected chi connectivity index (χ0v) is 28.6.